The number of hydrogen-bond acceptors (Lipinski definition) is 5. The van der Waals surface area contributed by atoms with Gasteiger partial charge in [-0.1, -0.05) is 0 Å². The molecular weight excluding hydrogens is 278 g/mol. The normalized spacial score (nSPS) is 22.9. The third-order valence-corrected chi connectivity index (χ3v) is 5.05. The Morgan fingerprint density at radius 1 is 1.50 bits per heavy atom. The van der Waals surface area contributed by atoms with Crippen LogP contribution < -0.4 is 10.6 Å². The minimum atomic E-state index is -3.01. The number of pyridine rings is 1. The summed E-state index contributed by atoms with van der Waals surface area (Å²) in [7, 11) is -3.01. The molecule has 1 aromatic rings. The van der Waals surface area contributed by atoms with Crippen LogP contribution in [0, 0.1) is 0 Å². The Morgan fingerprint density at radius 3 is 2.85 bits per heavy atom. The van der Waals surface area contributed by atoms with Crippen LogP contribution in [0.15, 0.2) is 24.5 Å². The highest BCUT2D eigenvalue weighted by Gasteiger charge is 2.26. The number of rotatable bonds is 4. The molecule has 2 rings (SSSR count). The lowest BCUT2D eigenvalue weighted by atomic mass is 10.1. The molecule has 1 aliphatic heterocycles. The summed E-state index contributed by atoms with van der Waals surface area (Å²) >= 11 is 0. The topological polar surface area (TPSA) is 88.2 Å². The predicted molar refractivity (Wildman–Crippen MR) is 75.9 cm³/mol. The summed E-state index contributed by atoms with van der Waals surface area (Å²) < 4.78 is 23.0. The first-order valence-corrected chi connectivity index (χ1v) is 8.41. The molecule has 0 aliphatic carbocycles. The van der Waals surface area contributed by atoms with E-state index in [1.165, 1.54) is 0 Å². The maximum absolute atomic E-state index is 11.9. The van der Waals surface area contributed by atoms with Crippen LogP contribution in [-0.2, 0) is 14.6 Å². The van der Waals surface area contributed by atoms with Gasteiger partial charge in [-0.25, -0.2) is 8.42 Å². The lowest BCUT2D eigenvalue weighted by Gasteiger charge is -2.24. The van der Waals surface area contributed by atoms with Crippen LogP contribution in [0.1, 0.15) is 24.9 Å². The first-order valence-electron chi connectivity index (χ1n) is 6.59. The molecule has 110 valence electrons. The van der Waals surface area contributed by atoms with Crippen molar-refractivity contribution in [1.82, 2.24) is 15.6 Å². The highest BCUT2D eigenvalue weighted by molar-refractivity contribution is 7.91. The average molecular weight is 297 g/mol. The van der Waals surface area contributed by atoms with Crippen LogP contribution in [0.3, 0.4) is 0 Å². The lowest BCUT2D eigenvalue weighted by molar-refractivity contribution is -0.122. The van der Waals surface area contributed by atoms with E-state index < -0.39 is 9.84 Å². The van der Waals surface area contributed by atoms with Gasteiger partial charge in [-0.05, 0) is 24.6 Å². The van der Waals surface area contributed by atoms with Crippen LogP contribution in [0.2, 0.25) is 0 Å². The summed E-state index contributed by atoms with van der Waals surface area (Å²) in [6.07, 6.45) is 3.52. The van der Waals surface area contributed by atoms with Crippen molar-refractivity contribution >= 4 is 15.7 Å². The molecule has 0 radical (unpaired) electrons. The fraction of sp³-hybridized carbons (Fsp3) is 0.538. The first-order chi connectivity index (χ1) is 9.46. The molecule has 7 heteroatoms. The number of hydrogen-bond donors (Lipinski definition) is 2. The Balaban J connectivity index is 1.86. The van der Waals surface area contributed by atoms with Gasteiger partial charge in [0, 0.05) is 31.4 Å². The first kappa shape index (κ1) is 14.9. The zero-order valence-electron chi connectivity index (χ0n) is 11.4. The van der Waals surface area contributed by atoms with Crippen LogP contribution >= 0.6 is 0 Å². The van der Waals surface area contributed by atoms with Gasteiger partial charge in [-0.2, -0.15) is 0 Å². The van der Waals surface area contributed by atoms with Gasteiger partial charge in [-0.3, -0.25) is 9.78 Å². The second kappa shape index (κ2) is 6.32. The SMILES string of the molecule is C[C@H](NC(=O)CC1CS(=O)(=O)CCN1)c1ccncc1. The van der Waals surface area contributed by atoms with Crippen molar-refractivity contribution in [1.29, 1.82) is 0 Å². The third kappa shape index (κ3) is 4.28. The van der Waals surface area contributed by atoms with Gasteiger partial charge in [0.2, 0.25) is 5.91 Å². The van der Waals surface area contributed by atoms with E-state index in [-0.39, 0.29) is 35.9 Å². The molecule has 6 nitrogen and oxygen atoms in total. The number of carbonyl (C=O) groups excluding carboxylic acids is 1. The van der Waals surface area contributed by atoms with Crippen molar-refractivity contribution in [2.45, 2.75) is 25.4 Å². The van der Waals surface area contributed by atoms with Gasteiger partial charge >= 0.3 is 0 Å². The Kier molecular flexibility index (Phi) is 4.72. The summed E-state index contributed by atoms with van der Waals surface area (Å²) in [5.41, 5.74) is 0.970. The lowest BCUT2D eigenvalue weighted by Crippen LogP contribution is -2.47. The van der Waals surface area contributed by atoms with E-state index in [4.69, 9.17) is 0 Å². The summed E-state index contributed by atoms with van der Waals surface area (Å²) in [6, 6.07) is 3.27. The molecule has 0 aromatic carbocycles. The number of nitrogens with zero attached hydrogens (tertiary/aromatic N) is 1. The van der Waals surface area contributed by atoms with Crippen molar-refractivity contribution in [3.8, 4) is 0 Å². The molecule has 1 unspecified atom stereocenters. The van der Waals surface area contributed by atoms with Crippen molar-refractivity contribution in [3.05, 3.63) is 30.1 Å². The van der Waals surface area contributed by atoms with Crippen LogP contribution in [0.25, 0.3) is 0 Å². The van der Waals surface area contributed by atoms with Gasteiger partial charge in [-0.15, -0.1) is 0 Å². The molecule has 1 amide bonds. The second-order valence-electron chi connectivity index (χ2n) is 5.04. The molecule has 1 aromatic heterocycles. The highest BCUT2D eigenvalue weighted by atomic mass is 32.2. The van der Waals surface area contributed by atoms with Gasteiger partial charge in [0.25, 0.3) is 0 Å². The second-order valence-corrected chi connectivity index (χ2v) is 7.27. The van der Waals surface area contributed by atoms with Crippen molar-refractivity contribution in [2.24, 2.45) is 0 Å². The molecule has 1 fully saturated rings. The zero-order valence-corrected chi connectivity index (χ0v) is 12.2. The Morgan fingerprint density at radius 2 is 2.20 bits per heavy atom. The van der Waals surface area contributed by atoms with Crippen molar-refractivity contribution < 1.29 is 13.2 Å². The van der Waals surface area contributed by atoms with Crippen LogP contribution in [0.5, 0.6) is 0 Å². The van der Waals surface area contributed by atoms with E-state index in [9.17, 15) is 13.2 Å². The number of sulfone groups is 1. The van der Waals surface area contributed by atoms with Gasteiger partial charge in [0.1, 0.15) is 0 Å². The Bertz CT molecular complexity index is 559. The smallest absolute Gasteiger partial charge is 0.222 e. The molecule has 0 bridgehead atoms. The summed E-state index contributed by atoms with van der Waals surface area (Å²) in [5, 5.41) is 5.94. The van der Waals surface area contributed by atoms with Gasteiger partial charge < -0.3 is 10.6 Å². The molecule has 1 saturated heterocycles. The molecular formula is C13H19N3O3S. The number of aromatic nitrogens is 1. The minimum Gasteiger partial charge on any atom is -0.350 e. The molecule has 1 aliphatic rings. The maximum Gasteiger partial charge on any atom is 0.222 e. The fourth-order valence-corrected chi connectivity index (χ4v) is 3.70. The molecule has 2 atom stereocenters. The van der Waals surface area contributed by atoms with E-state index in [1.54, 1.807) is 12.4 Å². The largest absolute Gasteiger partial charge is 0.350 e. The van der Waals surface area contributed by atoms with Gasteiger partial charge in [0.05, 0.1) is 17.5 Å². The van der Waals surface area contributed by atoms with Crippen molar-refractivity contribution in [2.75, 3.05) is 18.1 Å². The number of nitrogens with one attached hydrogen (secondary N) is 2. The minimum absolute atomic E-state index is 0.0318. The van der Waals surface area contributed by atoms with E-state index in [0.717, 1.165) is 5.56 Å². The van der Waals surface area contributed by atoms with Crippen LogP contribution in [0.4, 0.5) is 0 Å². The van der Waals surface area contributed by atoms with Crippen LogP contribution in [-0.4, -0.2) is 43.4 Å². The average Bonchev–Trinajstić information content (AvgIpc) is 2.38. The summed E-state index contributed by atoms with van der Waals surface area (Å²) in [6.45, 7) is 2.30. The monoisotopic (exact) mass is 297 g/mol. The third-order valence-electron chi connectivity index (χ3n) is 3.32. The fourth-order valence-electron chi connectivity index (χ4n) is 2.26. The molecule has 0 spiro atoms. The van der Waals surface area contributed by atoms with E-state index in [2.05, 4.69) is 15.6 Å². The predicted octanol–water partition coefficient (Wildman–Crippen LogP) is 0.0355. The molecule has 2 N–H and O–H groups in total. The molecule has 0 saturated carbocycles. The van der Waals surface area contributed by atoms with E-state index in [1.807, 2.05) is 19.1 Å². The van der Waals surface area contributed by atoms with E-state index in [0.29, 0.717) is 6.54 Å². The quantitative estimate of drug-likeness (QED) is 0.819. The number of carbonyl (C=O) groups is 1. The van der Waals surface area contributed by atoms with Gasteiger partial charge in [0.15, 0.2) is 9.84 Å². The standard InChI is InChI=1S/C13H19N3O3S/c1-10(11-2-4-14-5-3-11)16-13(17)8-12-9-20(18,19)7-6-15-12/h2-5,10,12,15H,6-9H2,1H3,(H,16,17)/t10-,12?/m0/s1. The molecule has 20 heavy (non-hydrogen) atoms. The maximum atomic E-state index is 11.9. The number of amides is 1. The Labute approximate surface area is 118 Å². The molecule has 2 heterocycles. The highest BCUT2D eigenvalue weighted by Crippen LogP contribution is 2.11. The van der Waals surface area contributed by atoms with Crippen molar-refractivity contribution in [3.63, 3.8) is 0 Å². The summed E-state index contributed by atoms with van der Waals surface area (Å²) in [4.78, 5) is 15.9. The Hall–Kier alpha value is -1.47. The van der Waals surface area contributed by atoms with E-state index >= 15 is 0 Å². The zero-order chi connectivity index (χ0) is 14.6. The summed E-state index contributed by atoms with van der Waals surface area (Å²) in [5.74, 6) is 0.0340.